The number of halogens is 2. The molecule has 2 amide bonds. The Morgan fingerprint density at radius 1 is 1.00 bits per heavy atom. The van der Waals surface area contributed by atoms with Crippen molar-refractivity contribution in [3.05, 3.63) is 58.6 Å². The summed E-state index contributed by atoms with van der Waals surface area (Å²) in [6.45, 7) is 2.29. The minimum absolute atomic E-state index is 0. The fraction of sp³-hybridized carbons (Fsp3) is 0.393. The third-order valence-corrected chi connectivity index (χ3v) is 6.34. The monoisotopic (exact) mass is 682 g/mol. The first-order valence-corrected chi connectivity index (χ1v) is 13.4. The Bertz CT molecular complexity index is 1180. The molecule has 2 aliphatic heterocycles. The Hall–Kier alpha value is -3.04. The number of nitrogens with zero attached hydrogens (tertiary/aromatic N) is 2. The van der Waals surface area contributed by atoms with Gasteiger partial charge >= 0.3 is 47.5 Å². The molecule has 2 heterocycles. The number of benzene rings is 2. The first kappa shape index (κ1) is 46.4. The Kier molecular flexibility index (Phi) is 28.1. The van der Waals surface area contributed by atoms with Gasteiger partial charge in [-0.25, -0.2) is 9.59 Å². The summed E-state index contributed by atoms with van der Waals surface area (Å²) in [5, 5.41) is 32.9. The van der Waals surface area contributed by atoms with Crippen molar-refractivity contribution in [2.45, 2.75) is 33.1 Å². The van der Waals surface area contributed by atoms with E-state index in [4.69, 9.17) is 43.5 Å². The Balaban J connectivity index is -0.000000579. The van der Waals surface area contributed by atoms with E-state index in [0.717, 1.165) is 19.4 Å². The first-order chi connectivity index (χ1) is 20.1. The molecule has 244 valence electrons. The number of urea groups is 1. The van der Waals surface area contributed by atoms with Gasteiger partial charge in [0.15, 0.2) is 0 Å². The van der Waals surface area contributed by atoms with Crippen LogP contribution in [0.2, 0.25) is 10.0 Å². The van der Waals surface area contributed by atoms with Gasteiger partial charge in [-0.3, -0.25) is 14.4 Å². The maximum Gasteiger partial charge on any atom is 1.00 e. The summed E-state index contributed by atoms with van der Waals surface area (Å²) in [5.74, 6) is -2.12. The average molecular weight is 684 g/mol. The summed E-state index contributed by atoms with van der Waals surface area (Å²) in [6, 6.07) is 13.1. The molecule has 2 aliphatic rings. The van der Waals surface area contributed by atoms with Gasteiger partial charge < -0.3 is 41.4 Å². The topological polar surface area (TPSA) is 229 Å². The molecule has 2 saturated heterocycles. The molecule has 0 bridgehead atoms. The molecule has 0 spiro atoms. The van der Waals surface area contributed by atoms with Gasteiger partial charge in [0.2, 0.25) is 6.08 Å². The van der Waals surface area contributed by atoms with E-state index in [0.29, 0.717) is 47.4 Å². The average Bonchev–Trinajstić information content (AvgIpc) is 3.01. The van der Waals surface area contributed by atoms with Gasteiger partial charge in [0.05, 0.1) is 17.5 Å². The molecular weight excluding hydrogens is 646 g/mol. The number of piperidine rings is 2. The molecule has 14 nitrogen and oxygen atoms in total. The standard InChI is InChI=1S/C13H15ClN2O3.C7H4ClNO.C6H11NO2.CH2O3.CH4.Na.H2O/c14-10-3-5-11(6-4-10)15-13(19)16-7-1-2-9(8-16)12(17)18;8-6-1-3-7(4-2-6)9-5-10;8-6(9)5-2-1-3-7-4-5;2-1-4-3;;;/h3-6,9H,1-2,7-8H2,(H,15,19)(H,17,18);1-4H;5,7H,1-4H2,(H,8,9);1,3H;1H4;;1H2/q;;;;;+1;/p-1. The molecule has 4 rings (SSSR count). The van der Waals surface area contributed by atoms with Gasteiger partial charge in [0.25, 0.3) is 6.47 Å². The minimum atomic E-state index is -0.844. The summed E-state index contributed by atoms with van der Waals surface area (Å²) in [5.41, 5.74) is 1.21. The number of hydrogen-bond acceptors (Lipinski definition) is 9. The number of carbonyl (C=O) groups is 4. The van der Waals surface area contributed by atoms with Crippen LogP contribution < -0.4 is 45.4 Å². The van der Waals surface area contributed by atoms with Gasteiger partial charge in [-0.1, -0.05) is 30.6 Å². The van der Waals surface area contributed by atoms with E-state index in [2.05, 4.69) is 20.5 Å². The summed E-state index contributed by atoms with van der Waals surface area (Å²) >= 11 is 11.3. The van der Waals surface area contributed by atoms with Crippen LogP contribution in [-0.2, 0) is 24.1 Å². The van der Waals surface area contributed by atoms with Crippen molar-refractivity contribution in [3.63, 3.8) is 0 Å². The maximum atomic E-state index is 12.0. The van der Waals surface area contributed by atoms with Crippen LogP contribution in [0.1, 0.15) is 33.1 Å². The Morgan fingerprint density at radius 3 is 1.93 bits per heavy atom. The number of nitrogens with one attached hydrogen (secondary N) is 2. The Labute approximate surface area is 293 Å². The Morgan fingerprint density at radius 2 is 1.51 bits per heavy atom. The largest absolute Gasteiger partial charge is 1.00 e. The van der Waals surface area contributed by atoms with E-state index >= 15 is 0 Å². The zero-order chi connectivity index (χ0) is 31.3. The first-order valence-electron chi connectivity index (χ1n) is 12.6. The third-order valence-electron chi connectivity index (χ3n) is 5.84. The number of carboxylic acids is 2. The predicted molar refractivity (Wildman–Crippen MR) is 162 cm³/mol. The SMILES string of the molecule is C.O.O=C(O)C1CCCN(C(=O)Nc2ccc(Cl)cc2)C1.O=C(O)C1CCCNC1.O=C=Nc1ccc(Cl)cc1.O=CO[O-].[Na+]. The summed E-state index contributed by atoms with van der Waals surface area (Å²) in [4.78, 5) is 59.2. The molecule has 0 aromatic heterocycles. The second-order valence-electron chi connectivity index (χ2n) is 8.81. The fourth-order valence-corrected chi connectivity index (χ4v) is 3.98. The molecule has 2 atom stereocenters. The number of anilines is 1. The van der Waals surface area contributed by atoms with Crippen LogP contribution in [0.4, 0.5) is 16.2 Å². The molecule has 0 saturated carbocycles. The van der Waals surface area contributed by atoms with Crippen molar-refractivity contribution in [2.75, 3.05) is 31.5 Å². The number of carbonyl (C=O) groups excluding carboxylic acids is 3. The number of amides is 2. The smallest absolute Gasteiger partial charge is 0.662 e. The second kappa shape index (κ2) is 27.3. The number of carboxylic acid groups (broad SMARTS) is 2. The van der Waals surface area contributed by atoms with Crippen molar-refractivity contribution in [1.29, 1.82) is 0 Å². The molecule has 2 unspecified atom stereocenters. The molecule has 0 radical (unpaired) electrons. The van der Waals surface area contributed by atoms with Crippen LogP contribution in [0.25, 0.3) is 0 Å². The van der Waals surface area contributed by atoms with E-state index in [1.807, 2.05) is 0 Å². The zero-order valence-corrected chi connectivity index (χ0v) is 27.4. The predicted octanol–water partition coefficient (Wildman–Crippen LogP) is 0.297. The molecule has 45 heavy (non-hydrogen) atoms. The number of likely N-dealkylation sites (tertiary alicyclic amines) is 1. The van der Waals surface area contributed by atoms with Gasteiger partial charge in [-0.2, -0.15) is 4.99 Å². The molecule has 0 aliphatic carbocycles. The second-order valence-corrected chi connectivity index (χ2v) is 9.69. The van der Waals surface area contributed by atoms with Crippen LogP contribution in [0, 0.1) is 11.8 Å². The molecule has 17 heteroatoms. The van der Waals surface area contributed by atoms with Crippen LogP contribution in [0.5, 0.6) is 0 Å². The van der Waals surface area contributed by atoms with Gasteiger partial charge in [0.1, 0.15) is 0 Å². The van der Waals surface area contributed by atoms with Crippen molar-refractivity contribution in [1.82, 2.24) is 10.2 Å². The molecule has 2 aromatic rings. The van der Waals surface area contributed by atoms with E-state index in [1.165, 1.54) is 11.0 Å². The third kappa shape index (κ3) is 20.6. The maximum absolute atomic E-state index is 12.0. The molecule has 6 N–H and O–H groups in total. The minimum Gasteiger partial charge on any atom is -0.662 e. The van der Waals surface area contributed by atoms with Crippen LogP contribution in [0.15, 0.2) is 53.5 Å². The summed E-state index contributed by atoms with van der Waals surface area (Å²) < 4.78 is 0. The van der Waals surface area contributed by atoms with Gasteiger partial charge in [0, 0.05) is 35.4 Å². The van der Waals surface area contributed by atoms with Crippen molar-refractivity contribution in [3.8, 4) is 0 Å². The number of rotatable bonds is 5. The van der Waals surface area contributed by atoms with Crippen molar-refractivity contribution >= 4 is 65.1 Å². The van der Waals surface area contributed by atoms with Crippen LogP contribution >= 0.6 is 23.2 Å². The number of aliphatic imine (C=N–C) groups is 1. The van der Waals surface area contributed by atoms with E-state index in [1.54, 1.807) is 48.5 Å². The van der Waals surface area contributed by atoms with E-state index < -0.39 is 17.9 Å². The molecular formula is C28H37Cl2N4NaO10. The van der Waals surface area contributed by atoms with Crippen LogP contribution in [-0.4, -0.2) is 77.3 Å². The van der Waals surface area contributed by atoms with E-state index in [-0.39, 0.29) is 67.4 Å². The summed E-state index contributed by atoms with van der Waals surface area (Å²) in [7, 11) is 0. The zero-order valence-electron chi connectivity index (χ0n) is 23.9. The summed E-state index contributed by atoms with van der Waals surface area (Å²) in [6.07, 6.45) is 4.61. The van der Waals surface area contributed by atoms with Crippen molar-refractivity contribution in [2.24, 2.45) is 16.8 Å². The van der Waals surface area contributed by atoms with Crippen LogP contribution in [0.3, 0.4) is 0 Å². The molecule has 2 fully saturated rings. The number of aliphatic carboxylic acids is 2. The number of isocyanates is 1. The van der Waals surface area contributed by atoms with Gasteiger partial charge in [-0.05, 0) is 80.8 Å². The van der Waals surface area contributed by atoms with Gasteiger partial charge in [-0.15, -0.1) is 0 Å². The number of hydrogen-bond donors (Lipinski definition) is 4. The normalized spacial score (nSPS) is 15.9. The van der Waals surface area contributed by atoms with Crippen molar-refractivity contribution < 1.29 is 79.4 Å². The quantitative estimate of drug-likeness (QED) is 0.0841. The van der Waals surface area contributed by atoms with E-state index in [9.17, 15) is 19.2 Å². The molecule has 2 aromatic carbocycles. The fourth-order valence-electron chi connectivity index (χ4n) is 3.73.